The van der Waals surface area contributed by atoms with Crippen LogP contribution in [0.3, 0.4) is 0 Å². The van der Waals surface area contributed by atoms with Crippen LogP contribution in [0, 0.1) is 11.8 Å². The number of hydrogen-bond acceptors (Lipinski definition) is 3. The van der Waals surface area contributed by atoms with Crippen LogP contribution in [0.1, 0.15) is 34.1 Å². The Morgan fingerprint density at radius 3 is 2.06 bits per heavy atom. The van der Waals surface area contributed by atoms with Crippen molar-refractivity contribution in [1.82, 2.24) is 10.2 Å². The first kappa shape index (κ1) is 16.9. The zero-order chi connectivity index (χ0) is 13.1. The van der Waals surface area contributed by atoms with E-state index in [1.54, 1.807) is 7.11 Å². The first-order valence-electron chi connectivity index (χ1n) is 6.98. The molecule has 0 aromatic rings. The van der Waals surface area contributed by atoms with Crippen LogP contribution >= 0.6 is 0 Å². The van der Waals surface area contributed by atoms with Crippen molar-refractivity contribution in [2.45, 2.75) is 34.1 Å². The summed E-state index contributed by atoms with van der Waals surface area (Å²) in [6, 6.07) is 0. The highest BCUT2D eigenvalue weighted by Gasteiger charge is 2.08. The summed E-state index contributed by atoms with van der Waals surface area (Å²) in [5, 5.41) is 3.40. The monoisotopic (exact) mass is 244 g/mol. The third-order valence-corrected chi connectivity index (χ3v) is 2.56. The number of hydrogen-bond donors (Lipinski definition) is 1. The Labute approximate surface area is 108 Å². The van der Waals surface area contributed by atoms with E-state index in [0.717, 1.165) is 31.5 Å². The predicted octanol–water partition coefficient (Wildman–Crippen LogP) is 2.23. The van der Waals surface area contributed by atoms with E-state index >= 15 is 0 Å². The van der Waals surface area contributed by atoms with Gasteiger partial charge in [0.2, 0.25) is 0 Å². The quantitative estimate of drug-likeness (QED) is 0.564. The van der Waals surface area contributed by atoms with Crippen LogP contribution in [0.2, 0.25) is 0 Å². The van der Waals surface area contributed by atoms with E-state index in [4.69, 9.17) is 4.74 Å². The first-order chi connectivity index (χ1) is 8.06. The molecule has 3 nitrogen and oxygen atoms in total. The molecule has 0 aromatic heterocycles. The Kier molecular flexibility index (Phi) is 10.9. The standard InChI is InChI=1S/C14H32N2O/c1-13(2)11-16(12-14(3)4)9-6-7-15-8-10-17-5/h13-15H,6-12H2,1-5H3. The Balaban J connectivity index is 3.60. The Morgan fingerprint density at radius 1 is 1.00 bits per heavy atom. The van der Waals surface area contributed by atoms with Crippen molar-refractivity contribution in [3.63, 3.8) is 0 Å². The minimum Gasteiger partial charge on any atom is -0.383 e. The summed E-state index contributed by atoms with van der Waals surface area (Å²) in [5.41, 5.74) is 0. The molecule has 0 fully saturated rings. The minimum atomic E-state index is 0.759. The smallest absolute Gasteiger partial charge is 0.0587 e. The molecule has 0 aliphatic heterocycles. The van der Waals surface area contributed by atoms with Crippen LogP contribution in [0.4, 0.5) is 0 Å². The van der Waals surface area contributed by atoms with Gasteiger partial charge in [0.05, 0.1) is 6.61 Å². The molecule has 0 rings (SSSR count). The number of nitrogens with one attached hydrogen (secondary N) is 1. The fraction of sp³-hybridized carbons (Fsp3) is 1.00. The van der Waals surface area contributed by atoms with Gasteiger partial charge in [-0.15, -0.1) is 0 Å². The molecule has 0 aliphatic rings. The van der Waals surface area contributed by atoms with Crippen molar-refractivity contribution in [1.29, 1.82) is 0 Å². The molecule has 0 unspecified atom stereocenters. The number of nitrogens with zero attached hydrogens (tertiary/aromatic N) is 1. The van der Waals surface area contributed by atoms with E-state index in [1.165, 1.54) is 26.1 Å². The van der Waals surface area contributed by atoms with Gasteiger partial charge in [0, 0.05) is 26.7 Å². The fourth-order valence-corrected chi connectivity index (χ4v) is 2.02. The van der Waals surface area contributed by atoms with Gasteiger partial charge in [-0.1, -0.05) is 27.7 Å². The van der Waals surface area contributed by atoms with Crippen molar-refractivity contribution < 1.29 is 4.74 Å². The van der Waals surface area contributed by atoms with Crippen molar-refractivity contribution in [3.8, 4) is 0 Å². The van der Waals surface area contributed by atoms with Gasteiger partial charge < -0.3 is 15.0 Å². The van der Waals surface area contributed by atoms with Crippen LogP contribution in [0.15, 0.2) is 0 Å². The van der Waals surface area contributed by atoms with Gasteiger partial charge in [-0.2, -0.15) is 0 Å². The van der Waals surface area contributed by atoms with Crippen molar-refractivity contribution in [2.24, 2.45) is 11.8 Å². The van der Waals surface area contributed by atoms with E-state index < -0.39 is 0 Å². The van der Waals surface area contributed by atoms with E-state index in [2.05, 4.69) is 37.9 Å². The molecule has 0 heterocycles. The molecule has 0 amide bonds. The predicted molar refractivity (Wildman–Crippen MR) is 75.5 cm³/mol. The lowest BCUT2D eigenvalue weighted by Crippen LogP contribution is -2.34. The maximum Gasteiger partial charge on any atom is 0.0587 e. The Morgan fingerprint density at radius 2 is 1.59 bits per heavy atom. The molecule has 0 radical (unpaired) electrons. The summed E-state index contributed by atoms with van der Waals surface area (Å²) >= 11 is 0. The second-order valence-electron chi connectivity index (χ2n) is 5.64. The average Bonchev–Trinajstić information content (AvgIpc) is 2.21. The third-order valence-electron chi connectivity index (χ3n) is 2.56. The molecule has 1 N–H and O–H groups in total. The summed E-state index contributed by atoms with van der Waals surface area (Å²) in [6.45, 7) is 15.7. The molecule has 0 saturated heterocycles. The average molecular weight is 244 g/mol. The van der Waals surface area contributed by atoms with Crippen molar-refractivity contribution in [3.05, 3.63) is 0 Å². The molecular weight excluding hydrogens is 212 g/mol. The Hall–Kier alpha value is -0.120. The maximum atomic E-state index is 5.00. The molecule has 3 heteroatoms. The normalized spacial score (nSPS) is 12.0. The topological polar surface area (TPSA) is 24.5 Å². The second-order valence-corrected chi connectivity index (χ2v) is 5.64. The summed E-state index contributed by atoms with van der Waals surface area (Å²) in [4.78, 5) is 2.59. The SMILES string of the molecule is COCCNCCCN(CC(C)C)CC(C)C. The second kappa shape index (κ2) is 11.0. The number of methoxy groups -OCH3 is 1. The molecular formula is C14H32N2O. The van der Waals surface area contributed by atoms with Crippen LogP contribution in [-0.4, -0.2) is 51.3 Å². The van der Waals surface area contributed by atoms with Crippen LogP contribution in [0.25, 0.3) is 0 Å². The van der Waals surface area contributed by atoms with Gasteiger partial charge in [-0.3, -0.25) is 0 Å². The highest BCUT2D eigenvalue weighted by atomic mass is 16.5. The molecule has 0 atom stereocenters. The molecule has 0 aliphatic carbocycles. The summed E-state index contributed by atoms with van der Waals surface area (Å²) in [5.74, 6) is 1.52. The lowest BCUT2D eigenvalue weighted by atomic mass is 10.1. The molecule has 0 spiro atoms. The molecule has 17 heavy (non-hydrogen) atoms. The number of rotatable bonds is 11. The van der Waals surface area contributed by atoms with Gasteiger partial charge in [0.25, 0.3) is 0 Å². The highest BCUT2D eigenvalue weighted by molar-refractivity contribution is 4.63. The molecule has 0 aromatic carbocycles. The highest BCUT2D eigenvalue weighted by Crippen LogP contribution is 2.04. The van der Waals surface area contributed by atoms with Crippen molar-refractivity contribution >= 4 is 0 Å². The zero-order valence-corrected chi connectivity index (χ0v) is 12.5. The molecule has 0 bridgehead atoms. The zero-order valence-electron chi connectivity index (χ0n) is 12.5. The van der Waals surface area contributed by atoms with Gasteiger partial charge in [-0.05, 0) is 31.3 Å². The Bertz CT molecular complexity index is 150. The summed E-state index contributed by atoms with van der Waals surface area (Å²) in [6.07, 6.45) is 1.23. The number of ether oxygens (including phenoxy) is 1. The van der Waals surface area contributed by atoms with Gasteiger partial charge in [-0.25, -0.2) is 0 Å². The van der Waals surface area contributed by atoms with E-state index in [9.17, 15) is 0 Å². The van der Waals surface area contributed by atoms with E-state index in [0.29, 0.717) is 0 Å². The lowest BCUT2D eigenvalue weighted by molar-refractivity contribution is 0.195. The van der Waals surface area contributed by atoms with E-state index in [-0.39, 0.29) is 0 Å². The van der Waals surface area contributed by atoms with Gasteiger partial charge in [0.15, 0.2) is 0 Å². The minimum absolute atomic E-state index is 0.759. The van der Waals surface area contributed by atoms with Gasteiger partial charge >= 0.3 is 0 Å². The third kappa shape index (κ3) is 12.1. The lowest BCUT2D eigenvalue weighted by Gasteiger charge is -2.26. The fourth-order valence-electron chi connectivity index (χ4n) is 2.02. The summed E-state index contributed by atoms with van der Waals surface area (Å²) in [7, 11) is 1.74. The van der Waals surface area contributed by atoms with Gasteiger partial charge in [0.1, 0.15) is 0 Å². The first-order valence-corrected chi connectivity index (χ1v) is 6.98. The molecule has 104 valence electrons. The van der Waals surface area contributed by atoms with E-state index in [1.807, 2.05) is 0 Å². The maximum absolute atomic E-state index is 5.00. The van der Waals surface area contributed by atoms with Crippen LogP contribution in [0.5, 0.6) is 0 Å². The van der Waals surface area contributed by atoms with Crippen molar-refractivity contribution in [2.75, 3.05) is 46.4 Å². The summed E-state index contributed by atoms with van der Waals surface area (Å²) < 4.78 is 5.00. The largest absolute Gasteiger partial charge is 0.383 e. The molecule has 0 saturated carbocycles. The van der Waals surface area contributed by atoms with Crippen LogP contribution < -0.4 is 5.32 Å². The van der Waals surface area contributed by atoms with Crippen LogP contribution in [-0.2, 0) is 4.74 Å².